The molecule has 2 fully saturated rings. The van der Waals surface area contributed by atoms with E-state index in [1.165, 1.54) is 19.4 Å². The molecule has 2 aliphatic rings. The van der Waals surface area contributed by atoms with Crippen molar-refractivity contribution in [2.24, 2.45) is 0 Å². The van der Waals surface area contributed by atoms with Crippen LogP contribution in [-0.2, 0) is 6.42 Å². The van der Waals surface area contributed by atoms with Gasteiger partial charge in [-0.25, -0.2) is 9.97 Å². The van der Waals surface area contributed by atoms with Gasteiger partial charge in [-0.2, -0.15) is 0 Å². The molecular weight excluding hydrogens is 262 g/mol. The summed E-state index contributed by atoms with van der Waals surface area (Å²) in [5.74, 6) is 2.59. The first-order valence-electron chi connectivity index (χ1n) is 8.23. The van der Waals surface area contributed by atoms with Gasteiger partial charge in [0.25, 0.3) is 0 Å². The Balaban J connectivity index is 1.91. The molecular formula is C16H27N5. The van der Waals surface area contributed by atoms with Gasteiger partial charge in [-0.1, -0.05) is 6.92 Å². The standard InChI is InChI=1S/C16H27N5/c1-4-6-14-18-15(17)12(3)16(19-14)21-10-13-7-5-8-20(13)9-11(21)2/h11,13H,4-10H2,1-3H3,(H2,17,18,19). The molecule has 2 atom stereocenters. The van der Waals surface area contributed by atoms with Crippen molar-refractivity contribution in [3.8, 4) is 0 Å². The Hall–Kier alpha value is -1.36. The maximum Gasteiger partial charge on any atom is 0.137 e. The molecule has 2 aliphatic heterocycles. The molecule has 0 aromatic carbocycles. The van der Waals surface area contributed by atoms with Gasteiger partial charge in [-0.05, 0) is 39.7 Å². The number of piperazine rings is 1. The first-order valence-corrected chi connectivity index (χ1v) is 8.23. The Labute approximate surface area is 127 Å². The topological polar surface area (TPSA) is 58.3 Å². The van der Waals surface area contributed by atoms with Gasteiger partial charge in [0.1, 0.15) is 17.5 Å². The van der Waals surface area contributed by atoms with E-state index in [9.17, 15) is 0 Å². The zero-order valence-electron chi connectivity index (χ0n) is 13.5. The number of hydrogen-bond donors (Lipinski definition) is 1. The number of fused-ring (bicyclic) bond motifs is 1. The van der Waals surface area contributed by atoms with E-state index in [0.29, 0.717) is 17.9 Å². The second-order valence-corrected chi connectivity index (χ2v) is 6.52. The molecule has 0 radical (unpaired) electrons. The quantitative estimate of drug-likeness (QED) is 0.922. The Morgan fingerprint density at radius 1 is 1.29 bits per heavy atom. The second kappa shape index (κ2) is 5.79. The van der Waals surface area contributed by atoms with Gasteiger partial charge in [0.05, 0.1) is 0 Å². The van der Waals surface area contributed by atoms with E-state index >= 15 is 0 Å². The van der Waals surface area contributed by atoms with Gasteiger partial charge >= 0.3 is 0 Å². The van der Waals surface area contributed by atoms with Crippen LogP contribution in [0.2, 0.25) is 0 Å². The van der Waals surface area contributed by atoms with Crippen molar-refractivity contribution < 1.29 is 0 Å². The maximum atomic E-state index is 6.12. The first kappa shape index (κ1) is 14.6. The Morgan fingerprint density at radius 3 is 2.86 bits per heavy atom. The molecule has 0 aliphatic carbocycles. The van der Waals surface area contributed by atoms with Crippen LogP contribution >= 0.6 is 0 Å². The number of rotatable bonds is 3. The third-order valence-electron chi connectivity index (χ3n) is 4.89. The molecule has 0 saturated carbocycles. The van der Waals surface area contributed by atoms with Crippen LogP contribution in [0.15, 0.2) is 0 Å². The predicted octanol–water partition coefficient (Wildman–Crippen LogP) is 1.99. The van der Waals surface area contributed by atoms with Crippen molar-refractivity contribution in [3.63, 3.8) is 0 Å². The number of nitrogens with two attached hydrogens (primary N) is 1. The lowest BCUT2D eigenvalue weighted by atomic mass is 10.1. The fraction of sp³-hybridized carbons (Fsp3) is 0.750. The number of hydrogen-bond acceptors (Lipinski definition) is 5. The second-order valence-electron chi connectivity index (χ2n) is 6.52. The summed E-state index contributed by atoms with van der Waals surface area (Å²) >= 11 is 0. The highest BCUT2D eigenvalue weighted by Gasteiger charge is 2.35. The fourth-order valence-electron chi connectivity index (χ4n) is 3.67. The van der Waals surface area contributed by atoms with Crippen LogP contribution in [0.25, 0.3) is 0 Å². The smallest absolute Gasteiger partial charge is 0.137 e. The molecule has 1 aromatic rings. The first-order chi connectivity index (χ1) is 10.1. The summed E-state index contributed by atoms with van der Waals surface area (Å²) in [5, 5.41) is 0. The molecule has 0 bridgehead atoms. The lowest BCUT2D eigenvalue weighted by Gasteiger charge is -2.43. The molecule has 3 rings (SSSR count). The lowest BCUT2D eigenvalue weighted by Crippen LogP contribution is -2.55. The molecule has 0 amide bonds. The molecule has 0 spiro atoms. The normalized spacial score (nSPS) is 26.1. The fourth-order valence-corrected chi connectivity index (χ4v) is 3.67. The minimum Gasteiger partial charge on any atom is -0.383 e. The summed E-state index contributed by atoms with van der Waals surface area (Å²) in [6.07, 6.45) is 4.59. The lowest BCUT2D eigenvalue weighted by molar-refractivity contribution is 0.202. The maximum absolute atomic E-state index is 6.12. The van der Waals surface area contributed by atoms with E-state index in [2.05, 4.69) is 28.6 Å². The van der Waals surface area contributed by atoms with Crippen molar-refractivity contribution in [2.45, 2.75) is 58.5 Å². The minimum atomic E-state index is 0.488. The van der Waals surface area contributed by atoms with Crippen LogP contribution in [0.5, 0.6) is 0 Å². The van der Waals surface area contributed by atoms with Gasteiger partial charge in [0, 0.05) is 37.2 Å². The summed E-state index contributed by atoms with van der Waals surface area (Å²) in [7, 11) is 0. The van der Waals surface area contributed by atoms with Crippen molar-refractivity contribution in [2.75, 3.05) is 30.3 Å². The highest BCUT2D eigenvalue weighted by atomic mass is 15.3. The van der Waals surface area contributed by atoms with Crippen LogP contribution in [0.1, 0.15) is 44.5 Å². The minimum absolute atomic E-state index is 0.488. The predicted molar refractivity (Wildman–Crippen MR) is 86.6 cm³/mol. The van der Waals surface area contributed by atoms with Gasteiger partial charge in [0.15, 0.2) is 0 Å². The van der Waals surface area contributed by atoms with E-state index < -0.39 is 0 Å². The molecule has 3 heterocycles. The number of aryl methyl sites for hydroxylation is 1. The number of nitrogens with zero attached hydrogens (tertiary/aromatic N) is 4. The molecule has 2 N–H and O–H groups in total. The van der Waals surface area contributed by atoms with Gasteiger partial charge in [0.2, 0.25) is 0 Å². The van der Waals surface area contributed by atoms with Gasteiger partial charge < -0.3 is 10.6 Å². The Bertz CT molecular complexity index is 516. The Morgan fingerprint density at radius 2 is 2.10 bits per heavy atom. The zero-order valence-corrected chi connectivity index (χ0v) is 13.5. The van der Waals surface area contributed by atoms with Crippen LogP contribution in [0.4, 0.5) is 11.6 Å². The SMILES string of the molecule is CCCc1nc(N)c(C)c(N2CC3CCCN3CC2C)n1. The van der Waals surface area contributed by atoms with Gasteiger partial charge in [-0.3, -0.25) is 4.90 Å². The largest absolute Gasteiger partial charge is 0.383 e. The molecule has 2 saturated heterocycles. The van der Waals surface area contributed by atoms with Crippen LogP contribution in [-0.4, -0.2) is 46.6 Å². The summed E-state index contributed by atoms with van der Waals surface area (Å²) in [5.41, 5.74) is 7.16. The third-order valence-corrected chi connectivity index (χ3v) is 4.89. The number of anilines is 2. The summed E-state index contributed by atoms with van der Waals surface area (Å²) in [4.78, 5) is 14.4. The number of nitrogen functional groups attached to an aromatic ring is 1. The van der Waals surface area contributed by atoms with Crippen molar-refractivity contribution in [3.05, 3.63) is 11.4 Å². The average Bonchev–Trinajstić information content (AvgIpc) is 2.89. The van der Waals surface area contributed by atoms with E-state index in [1.54, 1.807) is 0 Å². The molecule has 1 aromatic heterocycles. The summed E-state index contributed by atoms with van der Waals surface area (Å²) in [6.45, 7) is 9.97. The van der Waals surface area contributed by atoms with Crippen LogP contribution in [0, 0.1) is 6.92 Å². The zero-order chi connectivity index (χ0) is 15.0. The summed E-state index contributed by atoms with van der Waals surface area (Å²) < 4.78 is 0. The van der Waals surface area contributed by atoms with E-state index in [4.69, 9.17) is 10.7 Å². The third kappa shape index (κ3) is 2.71. The number of aromatic nitrogens is 2. The van der Waals surface area contributed by atoms with Crippen LogP contribution in [0.3, 0.4) is 0 Å². The monoisotopic (exact) mass is 289 g/mol. The van der Waals surface area contributed by atoms with Crippen LogP contribution < -0.4 is 10.6 Å². The molecule has 116 valence electrons. The van der Waals surface area contributed by atoms with E-state index in [-0.39, 0.29) is 0 Å². The molecule has 5 heteroatoms. The van der Waals surface area contributed by atoms with E-state index in [0.717, 1.165) is 43.1 Å². The van der Waals surface area contributed by atoms with Crippen molar-refractivity contribution in [1.29, 1.82) is 0 Å². The van der Waals surface area contributed by atoms with Crippen molar-refractivity contribution >= 4 is 11.6 Å². The molecule has 2 unspecified atom stereocenters. The highest BCUT2D eigenvalue weighted by molar-refractivity contribution is 5.57. The Kier molecular flexibility index (Phi) is 4.02. The average molecular weight is 289 g/mol. The van der Waals surface area contributed by atoms with E-state index in [1.807, 2.05) is 6.92 Å². The molecule has 5 nitrogen and oxygen atoms in total. The van der Waals surface area contributed by atoms with Gasteiger partial charge in [-0.15, -0.1) is 0 Å². The summed E-state index contributed by atoms with van der Waals surface area (Å²) in [6, 6.07) is 1.17. The highest BCUT2D eigenvalue weighted by Crippen LogP contribution is 2.30. The molecule has 21 heavy (non-hydrogen) atoms. The van der Waals surface area contributed by atoms with Crippen molar-refractivity contribution in [1.82, 2.24) is 14.9 Å².